The highest BCUT2D eigenvalue weighted by Crippen LogP contribution is 2.50. The molecule has 5 N–H and O–H groups in total. The Kier molecular flexibility index (Phi) is 8.27. The zero-order valence-corrected chi connectivity index (χ0v) is 22.8. The van der Waals surface area contributed by atoms with Crippen molar-refractivity contribution < 1.29 is 0 Å². The number of nitrogens with one attached hydrogen (secondary N) is 3. The summed E-state index contributed by atoms with van der Waals surface area (Å²) in [5.74, 6) is 7.74. The van der Waals surface area contributed by atoms with Crippen LogP contribution in [0.3, 0.4) is 0 Å². The average Bonchev–Trinajstić information content (AvgIpc) is 2.97. The van der Waals surface area contributed by atoms with Crippen molar-refractivity contribution in [1.82, 2.24) is 16.1 Å². The van der Waals surface area contributed by atoms with Gasteiger partial charge in [0.25, 0.3) is 0 Å². The van der Waals surface area contributed by atoms with E-state index in [4.69, 9.17) is 17.4 Å². The van der Waals surface area contributed by atoms with E-state index in [1.807, 2.05) is 24.3 Å². The summed E-state index contributed by atoms with van der Waals surface area (Å²) in [6.07, 6.45) is 0.492. The standard InChI is InChI=1S/C30H31ClN4S2/c31-29(35-32)23-28(26-17-9-3-10-18-26,27-19-11-4-12-20-27)33-30(34-29,36-21-24-13-5-1-6-14-24)37-22-25-15-7-2-8-16-25/h1-20,33-35H,21-23,32H2. The predicted octanol–water partition coefficient (Wildman–Crippen LogP) is 6.35. The van der Waals surface area contributed by atoms with E-state index in [1.54, 1.807) is 23.5 Å². The highest BCUT2D eigenvalue weighted by atomic mass is 35.5. The molecule has 0 aliphatic carbocycles. The molecule has 0 aromatic heterocycles. The molecule has 37 heavy (non-hydrogen) atoms. The van der Waals surface area contributed by atoms with Gasteiger partial charge in [-0.05, 0) is 22.3 Å². The summed E-state index contributed by atoms with van der Waals surface area (Å²) in [5, 5.41) is 6.68. The number of rotatable bonds is 9. The number of benzene rings is 4. The predicted molar refractivity (Wildman–Crippen MR) is 159 cm³/mol. The van der Waals surface area contributed by atoms with E-state index in [0.29, 0.717) is 6.42 Å². The zero-order valence-electron chi connectivity index (χ0n) is 20.4. The molecule has 4 aromatic carbocycles. The molecule has 1 atom stereocenters. The SMILES string of the molecule is NNC1(Cl)CC(c2ccccc2)(c2ccccc2)NC(SCc2ccccc2)(SCc2ccccc2)N1. The minimum Gasteiger partial charge on any atom is -0.269 e. The molecule has 0 spiro atoms. The van der Waals surface area contributed by atoms with Gasteiger partial charge in [-0.3, -0.25) is 11.2 Å². The van der Waals surface area contributed by atoms with Gasteiger partial charge in [-0.15, -0.1) is 23.5 Å². The van der Waals surface area contributed by atoms with Gasteiger partial charge in [-0.2, -0.15) is 0 Å². The summed E-state index contributed by atoms with van der Waals surface area (Å²) in [7, 11) is 0. The average molecular weight is 547 g/mol. The van der Waals surface area contributed by atoms with Crippen LogP contribution in [0.2, 0.25) is 0 Å². The maximum atomic E-state index is 7.28. The molecule has 0 bridgehead atoms. The van der Waals surface area contributed by atoms with Crippen molar-refractivity contribution >= 4 is 35.1 Å². The molecule has 0 saturated carbocycles. The zero-order chi connectivity index (χ0) is 25.6. The monoisotopic (exact) mass is 546 g/mol. The number of hydrazine groups is 1. The maximum Gasteiger partial charge on any atom is 0.170 e. The minimum absolute atomic E-state index is 0.492. The van der Waals surface area contributed by atoms with Crippen molar-refractivity contribution in [2.24, 2.45) is 5.84 Å². The third-order valence-corrected chi connectivity index (χ3v) is 9.80. The molecule has 4 nitrogen and oxygen atoms in total. The van der Waals surface area contributed by atoms with Gasteiger partial charge in [-0.25, -0.2) is 10.7 Å². The lowest BCUT2D eigenvalue weighted by molar-refractivity contribution is 0.162. The van der Waals surface area contributed by atoms with Crippen LogP contribution in [-0.4, -0.2) is 9.45 Å². The van der Waals surface area contributed by atoms with E-state index in [2.05, 4.69) is 113 Å². The minimum atomic E-state index is -1.07. The van der Waals surface area contributed by atoms with E-state index in [1.165, 1.54) is 11.1 Å². The van der Waals surface area contributed by atoms with Gasteiger partial charge in [0, 0.05) is 17.9 Å². The molecular formula is C30H31ClN4S2. The normalized spacial score (nSPS) is 20.4. The second-order valence-electron chi connectivity index (χ2n) is 9.17. The number of alkyl halides is 1. The van der Waals surface area contributed by atoms with Crippen molar-refractivity contribution in [2.75, 3.05) is 0 Å². The van der Waals surface area contributed by atoms with Crippen LogP contribution < -0.4 is 21.9 Å². The van der Waals surface area contributed by atoms with Gasteiger partial charge >= 0.3 is 0 Å². The van der Waals surface area contributed by atoms with Crippen LogP contribution in [0, 0.1) is 0 Å². The maximum absolute atomic E-state index is 7.28. The molecule has 0 radical (unpaired) electrons. The van der Waals surface area contributed by atoms with Crippen LogP contribution in [0.4, 0.5) is 0 Å². The Hall–Kier alpha value is -2.29. The van der Waals surface area contributed by atoms with Gasteiger partial charge in [0.2, 0.25) is 0 Å². The molecule has 1 unspecified atom stereocenters. The largest absolute Gasteiger partial charge is 0.269 e. The molecule has 190 valence electrons. The van der Waals surface area contributed by atoms with Crippen molar-refractivity contribution in [3.63, 3.8) is 0 Å². The lowest BCUT2D eigenvalue weighted by Gasteiger charge is -2.55. The van der Waals surface area contributed by atoms with E-state index in [-0.39, 0.29) is 0 Å². The molecule has 1 aliphatic rings. The van der Waals surface area contributed by atoms with Gasteiger partial charge in [0.1, 0.15) is 0 Å². The quantitative estimate of drug-likeness (QED) is 0.0645. The summed E-state index contributed by atoms with van der Waals surface area (Å²) in [5.41, 5.74) is 7.06. The molecule has 1 fully saturated rings. The van der Waals surface area contributed by atoms with E-state index in [0.717, 1.165) is 22.6 Å². The topological polar surface area (TPSA) is 62.1 Å². The fraction of sp³-hybridized carbons (Fsp3) is 0.200. The van der Waals surface area contributed by atoms with Gasteiger partial charge < -0.3 is 0 Å². The molecule has 1 saturated heterocycles. The second-order valence-corrected chi connectivity index (χ2v) is 12.5. The number of hydrogen-bond acceptors (Lipinski definition) is 6. The van der Waals surface area contributed by atoms with Gasteiger partial charge in [0.15, 0.2) is 9.45 Å². The lowest BCUT2D eigenvalue weighted by Crippen LogP contribution is -2.76. The Balaban J connectivity index is 1.61. The van der Waals surface area contributed by atoms with Crippen molar-refractivity contribution in [3.05, 3.63) is 144 Å². The van der Waals surface area contributed by atoms with E-state index in [9.17, 15) is 0 Å². The fourth-order valence-electron chi connectivity index (χ4n) is 4.78. The Labute approximate surface area is 232 Å². The summed E-state index contributed by atoms with van der Waals surface area (Å²) in [6, 6.07) is 42.0. The second kappa shape index (κ2) is 11.6. The molecule has 1 heterocycles. The molecule has 0 amide bonds. The number of halogens is 1. The molecule has 1 aliphatic heterocycles. The Bertz CT molecular complexity index is 1180. The third-order valence-electron chi connectivity index (χ3n) is 6.58. The van der Waals surface area contributed by atoms with Crippen LogP contribution >= 0.6 is 35.1 Å². The van der Waals surface area contributed by atoms with Crippen LogP contribution in [-0.2, 0) is 17.0 Å². The molecule has 4 aromatic rings. The first kappa shape index (κ1) is 26.3. The first-order valence-electron chi connectivity index (χ1n) is 12.3. The highest BCUT2D eigenvalue weighted by molar-refractivity contribution is 8.17. The molecule has 7 heteroatoms. The van der Waals surface area contributed by atoms with Crippen LogP contribution in [0.1, 0.15) is 28.7 Å². The van der Waals surface area contributed by atoms with Crippen molar-refractivity contribution in [2.45, 2.75) is 32.9 Å². The third kappa shape index (κ3) is 6.07. The number of nitrogens with two attached hydrogens (primary N) is 1. The van der Waals surface area contributed by atoms with Crippen molar-refractivity contribution in [1.29, 1.82) is 0 Å². The highest BCUT2D eigenvalue weighted by Gasteiger charge is 2.55. The fourth-order valence-corrected chi connectivity index (χ4v) is 8.03. The van der Waals surface area contributed by atoms with Crippen LogP contribution in [0.15, 0.2) is 121 Å². The Morgan fingerprint density at radius 3 is 1.46 bits per heavy atom. The first-order valence-corrected chi connectivity index (χ1v) is 14.6. The summed E-state index contributed by atoms with van der Waals surface area (Å²) < 4.78 is -0.677. The number of thioether (sulfide) groups is 2. The summed E-state index contributed by atoms with van der Waals surface area (Å²) in [4.78, 5) is 0. The van der Waals surface area contributed by atoms with Crippen molar-refractivity contribution in [3.8, 4) is 0 Å². The lowest BCUT2D eigenvalue weighted by atomic mass is 9.78. The smallest absolute Gasteiger partial charge is 0.170 e. The van der Waals surface area contributed by atoms with Gasteiger partial charge in [0.05, 0.1) is 5.54 Å². The summed E-state index contributed by atoms with van der Waals surface area (Å²) in [6.45, 7) is 0. The Morgan fingerprint density at radius 2 is 1.05 bits per heavy atom. The van der Waals surface area contributed by atoms with E-state index >= 15 is 0 Å². The van der Waals surface area contributed by atoms with Crippen LogP contribution in [0.5, 0.6) is 0 Å². The van der Waals surface area contributed by atoms with Gasteiger partial charge in [-0.1, -0.05) is 133 Å². The Morgan fingerprint density at radius 1 is 0.649 bits per heavy atom. The van der Waals surface area contributed by atoms with Crippen LogP contribution in [0.25, 0.3) is 0 Å². The molecular weight excluding hydrogens is 516 g/mol. The number of hydrogen-bond donors (Lipinski definition) is 4. The van der Waals surface area contributed by atoms with E-state index < -0.39 is 15.0 Å². The summed E-state index contributed by atoms with van der Waals surface area (Å²) >= 11 is 10.9. The molecule has 5 rings (SSSR count). The first-order chi connectivity index (χ1) is 18.0.